The summed E-state index contributed by atoms with van der Waals surface area (Å²) in [5, 5.41) is 10.1. The van der Waals surface area contributed by atoms with Crippen LogP contribution in [0.25, 0.3) is 0 Å². The lowest BCUT2D eigenvalue weighted by atomic mass is 10.3. The molecule has 1 aromatic rings. The molecule has 4 rings (SSSR count). The van der Waals surface area contributed by atoms with Crippen LogP contribution < -0.4 is 10.1 Å². The van der Waals surface area contributed by atoms with Gasteiger partial charge in [-0.15, -0.1) is 0 Å². The molecule has 3 aliphatic rings. The molecule has 0 radical (unpaired) electrons. The lowest BCUT2D eigenvalue weighted by Crippen LogP contribution is -2.44. The van der Waals surface area contributed by atoms with Gasteiger partial charge in [0.05, 0.1) is 21.2 Å². The molecule has 0 bridgehead atoms. The summed E-state index contributed by atoms with van der Waals surface area (Å²) in [6.07, 6.45) is -6.85. The summed E-state index contributed by atoms with van der Waals surface area (Å²) in [6.45, 7) is 0.555. The minimum Gasteiger partial charge on any atom is -0.481 e. The highest BCUT2D eigenvalue weighted by atomic mass is 35.5. The number of nitrogens with one attached hydrogen (secondary N) is 1. The Labute approximate surface area is 210 Å². The molecule has 0 aromatic heterocycles. The summed E-state index contributed by atoms with van der Waals surface area (Å²) in [5.74, 6) is -0.863. The number of carbonyl (C=O) groups excluding carboxylic acids is 2. The Hall–Kier alpha value is -2.72. The first kappa shape index (κ1) is 26.3. The van der Waals surface area contributed by atoms with Crippen LogP contribution in [-0.4, -0.2) is 61.2 Å². The number of ether oxygens (including phenoxy) is 2. The van der Waals surface area contributed by atoms with E-state index in [-0.39, 0.29) is 40.5 Å². The van der Waals surface area contributed by atoms with Crippen LogP contribution in [0.4, 0.5) is 18.0 Å². The number of amides is 2. The summed E-state index contributed by atoms with van der Waals surface area (Å²) < 4.78 is 75.2. The molecular weight excluding hydrogens is 527 g/mol. The van der Waals surface area contributed by atoms with E-state index in [2.05, 4.69) is 5.32 Å². The van der Waals surface area contributed by atoms with Gasteiger partial charge in [0.15, 0.2) is 22.2 Å². The van der Waals surface area contributed by atoms with Gasteiger partial charge in [0.2, 0.25) is 5.91 Å². The average molecular weight is 550 g/mol. The number of benzene rings is 1. The molecular formula is C22H23ClF3N3O6S. The molecule has 1 aromatic carbocycles. The van der Waals surface area contributed by atoms with Crippen molar-refractivity contribution in [2.24, 2.45) is 5.92 Å². The average Bonchev–Trinajstić information content (AvgIpc) is 3.71. The van der Waals surface area contributed by atoms with Crippen LogP contribution in [0.15, 0.2) is 23.1 Å². The highest BCUT2D eigenvalue weighted by Crippen LogP contribution is 2.39. The second-order valence-electron chi connectivity index (χ2n) is 9.24. The maximum atomic E-state index is 13.4. The number of rotatable bonds is 7. The van der Waals surface area contributed by atoms with E-state index in [0.717, 1.165) is 25.1 Å². The van der Waals surface area contributed by atoms with Crippen molar-refractivity contribution >= 4 is 33.4 Å². The lowest BCUT2D eigenvalue weighted by molar-refractivity contribution is -0.189. The highest BCUT2D eigenvalue weighted by Gasteiger charge is 2.49. The van der Waals surface area contributed by atoms with Crippen molar-refractivity contribution < 1.29 is 40.7 Å². The molecule has 196 valence electrons. The monoisotopic (exact) mass is 549 g/mol. The Morgan fingerprint density at radius 1 is 1.31 bits per heavy atom. The van der Waals surface area contributed by atoms with Crippen LogP contribution in [0.2, 0.25) is 5.02 Å². The molecule has 0 spiro atoms. The third-order valence-corrected chi connectivity index (χ3v) is 9.01. The Morgan fingerprint density at radius 3 is 2.50 bits per heavy atom. The fraction of sp³-hybridized carbons (Fsp3) is 0.591. The molecule has 1 heterocycles. The van der Waals surface area contributed by atoms with Crippen LogP contribution in [0.1, 0.15) is 39.0 Å². The largest absolute Gasteiger partial charge is 0.481 e. The van der Waals surface area contributed by atoms with E-state index in [0.29, 0.717) is 25.7 Å². The van der Waals surface area contributed by atoms with E-state index in [1.807, 2.05) is 6.07 Å². The third kappa shape index (κ3) is 5.49. The van der Waals surface area contributed by atoms with Crippen LogP contribution in [0.5, 0.6) is 5.75 Å². The number of sulfone groups is 1. The van der Waals surface area contributed by atoms with E-state index in [1.54, 1.807) is 0 Å². The van der Waals surface area contributed by atoms with Gasteiger partial charge in [-0.05, 0) is 44.7 Å². The zero-order chi connectivity index (χ0) is 26.5. The minimum atomic E-state index is -4.62. The molecule has 9 nitrogen and oxygen atoms in total. The van der Waals surface area contributed by atoms with Gasteiger partial charge in [-0.1, -0.05) is 11.6 Å². The SMILES string of the molecule is C[C@H](Oc1ccc(S(=O)(=O)[C@@H]2C[C@@H](OC(=O)NC3(C#N)CC3)N(C(=O)C3CC3)C2)c(Cl)c1)C(F)(F)F. The van der Waals surface area contributed by atoms with Gasteiger partial charge in [0.1, 0.15) is 11.3 Å². The van der Waals surface area contributed by atoms with Crippen LogP contribution in [0, 0.1) is 17.2 Å². The van der Waals surface area contributed by atoms with Crippen molar-refractivity contribution in [1.82, 2.24) is 10.2 Å². The van der Waals surface area contributed by atoms with Gasteiger partial charge >= 0.3 is 12.3 Å². The van der Waals surface area contributed by atoms with Crippen molar-refractivity contribution in [3.05, 3.63) is 23.2 Å². The van der Waals surface area contributed by atoms with Crippen molar-refractivity contribution in [3.8, 4) is 11.8 Å². The Balaban J connectivity index is 1.51. The predicted octanol–water partition coefficient (Wildman–Crippen LogP) is 3.56. The Kier molecular flexibility index (Phi) is 6.81. The number of carbonyl (C=O) groups is 2. The molecule has 1 aliphatic heterocycles. The van der Waals surface area contributed by atoms with E-state index in [1.165, 1.54) is 4.90 Å². The van der Waals surface area contributed by atoms with Crippen LogP contribution >= 0.6 is 11.6 Å². The number of alkyl carbamates (subject to hydrolysis) is 1. The maximum absolute atomic E-state index is 13.4. The molecule has 36 heavy (non-hydrogen) atoms. The number of hydrogen-bond acceptors (Lipinski definition) is 7. The van der Waals surface area contributed by atoms with Gasteiger partial charge < -0.3 is 19.7 Å². The van der Waals surface area contributed by atoms with Crippen LogP contribution in [0.3, 0.4) is 0 Å². The molecule has 1 N–H and O–H groups in total. The van der Waals surface area contributed by atoms with E-state index < -0.39 is 45.2 Å². The zero-order valence-corrected chi connectivity index (χ0v) is 20.6. The van der Waals surface area contributed by atoms with Crippen molar-refractivity contribution in [1.29, 1.82) is 5.26 Å². The summed E-state index contributed by atoms with van der Waals surface area (Å²) >= 11 is 6.12. The first-order valence-electron chi connectivity index (χ1n) is 11.2. The number of nitrogens with zero attached hydrogens (tertiary/aromatic N) is 2. The number of halogens is 4. The topological polar surface area (TPSA) is 126 Å². The molecule has 2 amide bonds. The van der Waals surface area contributed by atoms with E-state index in [9.17, 15) is 31.2 Å². The van der Waals surface area contributed by atoms with Crippen molar-refractivity contribution in [2.45, 2.75) is 73.2 Å². The molecule has 3 fully saturated rings. The van der Waals surface area contributed by atoms with Gasteiger partial charge in [-0.2, -0.15) is 18.4 Å². The smallest absolute Gasteiger partial charge is 0.425 e. The van der Waals surface area contributed by atoms with E-state index in [4.69, 9.17) is 26.3 Å². The highest BCUT2D eigenvalue weighted by molar-refractivity contribution is 7.92. The first-order chi connectivity index (χ1) is 16.8. The second kappa shape index (κ2) is 9.30. The number of likely N-dealkylation sites (tertiary alicyclic amines) is 1. The summed E-state index contributed by atoms with van der Waals surface area (Å²) in [4.78, 5) is 26.0. The summed E-state index contributed by atoms with van der Waals surface area (Å²) in [7, 11) is -4.18. The van der Waals surface area contributed by atoms with Gasteiger partial charge in [-0.3, -0.25) is 4.79 Å². The fourth-order valence-electron chi connectivity index (χ4n) is 3.87. The Morgan fingerprint density at radius 2 is 1.97 bits per heavy atom. The Bertz CT molecular complexity index is 1210. The van der Waals surface area contributed by atoms with Gasteiger partial charge in [-0.25, -0.2) is 13.2 Å². The lowest BCUT2D eigenvalue weighted by Gasteiger charge is -2.24. The van der Waals surface area contributed by atoms with E-state index >= 15 is 0 Å². The standard InChI is InChI=1S/C22H23ClF3N3O6S/c1-12(22(24,25)26)34-14-4-5-17(16(23)8-14)36(32,33)15-9-18(29(10-15)19(30)13-2-3-13)35-20(31)28-21(11-27)6-7-21/h4-5,8,12-13,15,18H,2-3,6-7,9-10H2,1H3,(H,28,31)/t12-,15+,18+/m0/s1. The molecule has 0 unspecified atom stereocenters. The minimum absolute atomic E-state index is 0.229. The third-order valence-electron chi connectivity index (χ3n) is 6.39. The summed E-state index contributed by atoms with van der Waals surface area (Å²) in [6, 6.07) is 5.08. The molecule has 14 heteroatoms. The first-order valence-corrected chi connectivity index (χ1v) is 13.2. The summed E-state index contributed by atoms with van der Waals surface area (Å²) in [5.41, 5.74) is -1.01. The van der Waals surface area contributed by atoms with Gasteiger partial charge in [0.25, 0.3) is 0 Å². The quantitative estimate of drug-likeness (QED) is 0.551. The maximum Gasteiger partial charge on any atom is 0.425 e. The predicted molar refractivity (Wildman–Crippen MR) is 119 cm³/mol. The van der Waals surface area contributed by atoms with Crippen molar-refractivity contribution in [3.63, 3.8) is 0 Å². The normalized spacial score (nSPS) is 23.9. The van der Waals surface area contributed by atoms with Crippen molar-refractivity contribution in [2.75, 3.05) is 6.54 Å². The fourth-order valence-corrected chi connectivity index (χ4v) is 6.09. The zero-order valence-electron chi connectivity index (χ0n) is 19.0. The molecule has 1 saturated heterocycles. The van der Waals surface area contributed by atoms with Gasteiger partial charge in [0, 0.05) is 24.9 Å². The molecule has 2 aliphatic carbocycles. The molecule has 2 saturated carbocycles. The number of alkyl halides is 3. The molecule has 3 atom stereocenters. The number of hydrogen-bond donors (Lipinski definition) is 1. The second-order valence-corrected chi connectivity index (χ2v) is 11.8. The number of nitriles is 1. The van der Waals surface area contributed by atoms with Crippen LogP contribution in [-0.2, 0) is 19.4 Å².